The van der Waals surface area contributed by atoms with Crippen LogP contribution in [0.25, 0.3) is 10.2 Å². The first-order chi connectivity index (χ1) is 32.9. The summed E-state index contributed by atoms with van der Waals surface area (Å²) in [6.45, 7) is 13.1. The van der Waals surface area contributed by atoms with Gasteiger partial charge in [0.25, 0.3) is 5.91 Å². The number of carboxylic acid groups (broad SMARTS) is 2. The first-order valence-electron chi connectivity index (χ1n) is 22.3. The molecule has 1 spiro atoms. The van der Waals surface area contributed by atoms with E-state index in [0.717, 1.165) is 52.5 Å². The number of aliphatic carboxylic acids is 2. The molecule has 2 aromatic heterocycles. The molecule has 2 fully saturated rings. The number of halogens is 7. The van der Waals surface area contributed by atoms with E-state index in [0.29, 0.717) is 113 Å². The van der Waals surface area contributed by atoms with E-state index in [1.807, 2.05) is 41.5 Å². The molecule has 2 aliphatic heterocycles. The number of H-pyrrole nitrogens is 1. The molecule has 2 saturated heterocycles. The van der Waals surface area contributed by atoms with Gasteiger partial charge in [-0.3, -0.25) is 19.3 Å². The molecule has 6 rings (SSSR count). The second-order valence-electron chi connectivity index (χ2n) is 16.7. The van der Waals surface area contributed by atoms with Gasteiger partial charge in [0, 0.05) is 69.3 Å². The van der Waals surface area contributed by atoms with Crippen LogP contribution in [0.5, 0.6) is 5.75 Å². The Morgan fingerprint density at radius 1 is 0.957 bits per heavy atom. The maximum Gasteiger partial charge on any atom is 0.490 e. The molecule has 388 valence electrons. The Morgan fingerprint density at radius 2 is 1.61 bits per heavy atom. The van der Waals surface area contributed by atoms with Crippen molar-refractivity contribution in [3.63, 3.8) is 0 Å². The third-order valence-corrected chi connectivity index (χ3v) is 13.4. The van der Waals surface area contributed by atoms with Gasteiger partial charge in [0.15, 0.2) is 0 Å². The van der Waals surface area contributed by atoms with Crippen LogP contribution < -0.4 is 10.2 Å². The number of carbonyl (C=O) groups is 4. The third kappa shape index (κ3) is 17.3. The van der Waals surface area contributed by atoms with Crippen LogP contribution in [0.3, 0.4) is 0 Å². The summed E-state index contributed by atoms with van der Waals surface area (Å²) in [5.41, 5.74) is 2.97. The largest absolute Gasteiger partial charge is 0.506 e. The van der Waals surface area contributed by atoms with Crippen LogP contribution >= 0.6 is 22.7 Å². The molecule has 0 atom stereocenters. The van der Waals surface area contributed by atoms with Crippen LogP contribution in [0.1, 0.15) is 84.6 Å². The Bertz CT molecular complexity index is 2400. The van der Waals surface area contributed by atoms with Gasteiger partial charge >= 0.3 is 29.2 Å². The normalized spacial score (nSPS) is 15.0. The highest BCUT2D eigenvalue weighted by atomic mass is 32.1. The number of likely N-dealkylation sites (N-methyl/N-ethyl adjacent to an activating group) is 1. The summed E-state index contributed by atoms with van der Waals surface area (Å²) in [6, 6.07) is 9.05. The highest BCUT2D eigenvalue weighted by Crippen LogP contribution is 2.33. The molecule has 0 aliphatic carbocycles. The quantitative estimate of drug-likeness (QED) is 0.0513. The third-order valence-electron chi connectivity index (χ3n) is 11.3. The second kappa shape index (κ2) is 26.3. The van der Waals surface area contributed by atoms with Crippen molar-refractivity contribution in [1.29, 1.82) is 0 Å². The smallest absolute Gasteiger partial charge is 0.490 e. The number of phenols is 1. The van der Waals surface area contributed by atoms with Crippen LogP contribution in [0.4, 0.5) is 30.7 Å². The number of alkyl halides is 6. The number of nitrogens with one attached hydrogen (secondary N) is 2. The number of likely N-dealkylation sites (tertiary alicyclic amines) is 1. The monoisotopic (exact) mass is 1040 g/mol. The van der Waals surface area contributed by atoms with E-state index in [2.05, 4.69) is 34.0 Å². The molecule has 4 heterocycles. The Hall–Kier alpha value is -5.21. The summed E-state index contributed by atoms with van der Waals surface area (Å²) >= 11 is 2.63. The van der Waals surface area contributed by atoms with Gasteiger partial charge in [-0.2, -0.15) is 26.3 Å². The van der Waals surface area contributed by atoms with Crippen molar-refractivity contribution in [2.75, 3.05) is 72.2 Å². The molecular weight excluding hydrogens is 982 g/mol. The highest BCUT2D eigenvalue weighted by Gasteiger charge is 2.42. The summed E-state index contributed by atoms with van der Waals surface area (Å²) in [7, 11) is 0. The van der Waals surface area contributed by atoms with Crippen molar-refractivity contribution in [2.24, 2.45) is 0 Å². The number of carboxylic acids is 2. The number of hydrogen-bond acceptors (Lipinski definition) is 13. The number of fused-ring (bicyclic) bond motifs is 1. The maximum atomic E-state index is 15.6. The lowest BCUT2D eigenvalue weighted by Gasteiger charge is -2.47. The van der Waals surface area contributed by atoms with Gasteiger partial charge in [-0.15, -0.1) is 11.3 Å². The van der Waals surface area contributed by atoms with Crippen molar-refractivity contribution in [1.82, 2.24) is 30.0 Å². The number of ether oxygens (including phenoxy) is 2. The van der Waals surface area contributed by atoms with E-state index in [4.69, 9.17) is 29.3 Å². The minimum Gasteiger partial charge on any atom is -0.506 e. The van der Waals surface area contributed by atoms with E-state index in [1.54, 1.807) is 11.0 Å². The zero-order valence-corrected chi connectivity index (χ0v) is 40.4. The van der Waals surface area contributed by atoms with Gasteiger partial charge in [0.05, 0.1) is 41.5 Å². The Kier molecular flexibility index (Phi) is 21.6. The number of nitrogens with zero attached hydrogens (tertiary/aromatic N) is 4. The summed E-state index contributed by atoms with van der Waals surface area (Å²) in [4.78, 5) is 68.7. The number of amides is 2. The number of thiazole rings is 2. The number of carbonyl (C=O) groups excluding carboxylic acids is 2. The SMILES string of the molecule is CCN(CCNCCc1ccc(O)c2[nH]c(=O)sc12)C(=O)CCOCCCc1cccc(CN2CCC3(CC2)CN(C(=O)c2csc(C(C)C)n2)CCO3)c1F.O=C(O)C(F)(F)F.O=C(O)C(F)(F)F. The summed E-state index contributed by atoms with van der Waals surface area (Å²) in [5, 5.41) is 30.5. The molecule has 70 heavy (non-hydrogen) atoms. The van der Waals surface area contributed by atoms with Crippen LogP contribution in [-0.4, -0.2) is 154 Å². The Balaban J connectivity index is 0.000000664. The molecule has 2 aliphatic rings. The zero-order valence-electron chi connectivity index (χ0n) is 38.7. The maximum absolute atomic E-state index is 15.6. The number of morpholine rings is 1. The minimum atomic E-state index is -5.08. The number of aryl methyl sites for hydroxylation is 1. The number of aromatic amines is 1. The number of phenolic OH excluding ortho intramolecular Hbond substituents is 1. The number of benzene rings is 2. The predicted molar refractivity (Wildman–Crippen MR) is 246 cm³/mol. The van der Waals surface area contributed by atoms with Crippen LogP contribution in [0.2, 0.25) is 0 Å². The number of aromatic hydroxyl groups is 1. The number of hydrogen-bond donors (Lipinski definition) is 5. The Labute approximate surface area is 406 Å². The molecule has 0 saturated carbocycles. The van der Waals surface area contributed by atoms with Gasteiger partial charge < -0.3 is 44.9 Å². The summed E-state index contributed by atoms with van der Waals surface area (Å²) in [5.74, 6) is -5.31. The molecule has 2 amide bonds. The first kappa shape index (κ1) is 57.4. The fourth-order valence-electron chi connectivity index (χ4n) is 7.52. The average Bonchev–Trinajstić information content (AvgIpc) is 3.97. The number of rotatable bonds is 18. The minimum absolute atomic E-state index is 0.0270. The van der Waals surface area contributed by atoms with Gasteiger partial charge in [-0.25, -0.2) is 19.0 Å². The van der Waals surface area contributed by atoms with Crippen molar-refractivity contribution in [3.05, 3.63) is 78.6 Å². The number of piperidine rings is 1. The molecule has 25 heteroatoms. The van der Waals surface area contributed by atoms with Crippen molar-refractivity contribution in [3.8, 4) is 5.75 Å². The average molecular weight is 1040 g/mol. The van der Waals surface area contributed by atoms with Crippen LogP contribution in [-0.2, 0) is 43.2 Å². The molecule has 16 nitrogen and oxygen atoms in total. The Morgan fingerprint density at radius 3 is 2.23 bits per heavy atom. The van der Waals surface area contributed by atoms with Crippen molar-refractivity contribution < 1.29 is 74.7 Å². The predicted octanol–water partition coefficient (Wildman–Crippen LogP) is 6.81. The van der Waals surface area contributed by atoms with E-state index in [-0.39, 0.29) is 40.3 Å². The topological polar surface area (TPSA) is 215 Å². The zero-order chi connectivity index (χ0) is 51.8. The fraction of sp³-hybridized carbons (Fsp3) is 0.556. The van der Waals surface area contributed by atoms with E-state index in [9.17, 15) is 45.8 Å². The molecule has 4 aromatic rings. The number of aromatic nitrogens is 2. The van der Waals surface area contributed by atoms with E-state index in [1.165, 1.54) is 11.3 Å². The second-order valence-corrected chi connectivity index (χ2v) is 18.5. The summed E-state index contributed by atoms with van der Waals surface area (Å²) < 4.78 is 92.0. The van der Waals surface area contributed by atoms with Gasteiger partial charge in [-0.1, -0.05) is 49.4 Å². The highest BCUT2D eigenvalue weighted by molar-refractivity contribution is 7.16. The molecule has 0 unspecified atom stereocenters. The van der Waals surface area contributed by atoms with Gasteiger partial charge in [0.1, 0.15) is 22.8 Å². The van der Waals surface area contributed by atoms with Crippen molar-refractivity contribution >= 4 is 56.6 Å². The van der Waals surface area contributed by atoms with E-state index < -0.39 is 24.3 Å². The standard InChI is InChI=1S/C41H55FN6O6S2.2C2HF3O2/c1-4-47(20-17-43-16-12-30-10-11-33(49)36-37(30)56-40(52)45-36)34(50)13-23-53-22-6-9-29-7-5-8-31(35(29)42)25-46-18-14-41(15-19-46)27-48(21-24-54-41)39(51)32-26-55-38(44-32)28(2)3;2*3-2(4,5)1(6)7/h5,7-8,10-11,26,28,43,49H,4,6,9,12-25,27H2,1-3H3,(H,45,52);2*(H,6,7). The lowest BCUT2D eigenvalue weighted by molar-refractivity contribution is -0.193. The molecule has 5 N–H and O–H groups in total. The molecule has 0 radical (unpaired) electrons. The van der Waals surface area contributed by atoms with Gasteiger partial charge in [0.2, 0.25) is 5.91 Å². The van der Waals surface area contributed by atoms with E-state index >= 15 is 4.39 Å². The molecular formula is C45H57F7N6O10S2. The first-order valence-corrected chi connectivity index (χ1v) is 24.0. The summed E-state index contributed by atoms with van der Waals surface area (Å²) in [6.07, 6.45) is -6.41. The van der Waals surface area contributed by atoms with Crippen LogP contribution in [0, 0.1) is 5.82 Å². The lowest BCUT2D eigenvalue weighted by Crippen LogP contribution is -2.58. The molecule has 2 aromatic carbocycles. The lowest BCUT2D eigenvalue weighted by atomic mass is 9.89. The van der Waals surface area contributed by atoms with Gasteiger partial charge in [-0.05, 0) is 62.8 Å². The van der Waals surface area contributed by atoms with Crippen molar-refractivity contribution in [2.45, 2.75) is 89.7 Å². The van der Waals surface area contributed by atoms with Crippen LogP contribution in [0.15, 0.2) is 40.5 Å². The molecule has 0 bridgehead atoms. The fourth-order valence-corrected chi connectivity index (χ4v) is 9.22.